The molecule has 0 radical (unpaired) electrons. The molecule has 0 unspecified atom stereocenters. The number of halogens is 3. The molecule has 13 heavy (non-hydrogen) atoms. The summed E-state index contributed by atoms with van der Waals surface area (Å²) >= 11 is 10.7. The summed E-state index contributed by atoms with van der Waals surface area (Å²) in [6, 6.07) is 2.25. The van der Waals surface area contributed by atoms with Gasteiger partial charge in [0.05, 0.1) is 0 Å². The molecule has 5 heteroatoms. The first-order valence-corrected chi connectivity index (χ1v) is 4.22. The van der Waals surface area contributed by atoms with Gasteiger partial charge in [0.25, 0.3) is 5.56 Å². The van der Waals surface area contributed by atoms with Crippen LogP contribution in [0.15, 0.2) is 33.7 Å². The van der Waals surface area contributed by atoms with Gasteiger partial charge >= 0.3 is 0 Å². The molecule has 0 saturated heterocycles. The highest BCUT2D eigenvalue weighted by atomic mass is 35.5. The molecule has 0 N–H and O–H groups in total. The Bertz CT molecular complexity index is 382. The van der Waals surface area contributed by atoms with Crippen LogP contribution in [0.3, 0.4) is 0 Å². The fourth-order valence-electron chi connectivity index (χ4n) is 0.812. The van der Waals surface area contributed by atoms with Crippen molar-refractivity contribution in [3.8, 4) is 0 Å². The summed E-state index contributed by atoms with van der Waals surface area (Å²) in [5, 5.41) is 0. The van der Waals surface area contributed by atoms with E-state index in [-0.39, 0.29) is 16.6 Å². The minimum absolute atomic E-state index is 0.0520. The van der Waals surface area contributed by atoms with E-state index in [4.69, 9.17) is 23.2 Å². The Hall–Kier alpha value is -0.800. The molecule has 1 rings (SSSR count). The molecule has 0 bridgehead atoms. The highest BCUT2D eigenvalue weighted by Gasteiger charge is 1.95. The summed E-state index contributed by atoms with van der Waals surface area (Å²) in [5.41, 5.74) is -0.299. The lowest BCUT2D eigenvalue weighted by Crippen LogP contribution is -2.17. The summed E-state index contributed by atoms with van der Waals surface area (Å²) in [5.74, 6) is -0.473. The van der Waals surface area contributed by atoms with Crippen molar-refractivity contribution in [2.75, 3.05) is 0 Å². The summed E-state index contributed by atoms with van der Waals surface area (Å²) in [6.45, 7) is 0.166. The molecule has 0 saturated carbocycles. The fourth-order valence-corrected chi connectivity index (χ4v) is 0.950. The van der Waals surface area contributed by atoms with Gasteiger partial charge in [-0.15, -0.1) is 0 Å². The van der Waals surface area contributed by atoms with Gasteiger partial charge in [0, 0.05) is 18.8 Å². The van der Waals surface area contributed by atoms with E-state index < -0.39 is 5.82 Å². The van der Waals surface area contributed by atoms with Crippen LogP contribution in [0.2, 0.25) is 0 Å². The van der Waals surface area contributed by atoms with Gasteiger partial charge in [-0.3, -0.25) is 4.79 Å². The summed E-state index contributed by atoms with van der Waals surface area (Å²) in [6.07, 6.45) is 2.50. The number of aromatic nitrogens is 1. The Morgan fingerprint density at radius 3 is 2.85 bits per heavy atom. The van der Waals surface area contributed by atoms with E-state index in [0.29, 0.717) is 0 Å². The van der Waals surface area contributed by atoms with Gasteiger partial charge < -0.3 is 4.57 Å². The molecule has 1 aromatic rings. The van der Waals surface area contributed by atoms with Crippen molar-refractivity contribution in [3.63, 3.8) is 0 Å². The molecular formula is C8H6Cl2FNO. The maximum atomic E-state index is 12.6. The maximum absolute atomic E-state index is 12.6. The van der Waals surface area contributed by atoms with Crippen LogP contribution < -0.4 is 5.56 Å². The molecule has 0 aliphatic carbocycles. The van der Waals surface area contributed by atoms with Crippen molar-refractivity contribution in [1.29, 1.82) is 0 Å². The Kier molecular flexibility index (Phi) is 3.51. The molecular weight excluding hydrogens is 216 g/mol. The molecule has 0 aliphatic heterocycles. The van der Waals surface area contributed by atoms with Crippen LogP contribution in [-0.4, -0.2) is 4.57 Å². The third-order valence-corrected chi connectivity index (χ3v) is 1.70. The van der Waals surface area contributed by atoms with Crippen LogP contribution in [0.1, 0.15) is 0 Å². The largest absolute Gasteiger partial charge is 0.309 e. The van der Waals surface area contributed by atoms with E-state index in [0.717, 1.165) is 18.3 Å². The average molecular weight is 222 g/mol. The summed E-state index contributed by atoms with van der Waals surface area (Å²) < 4.78 is 13.8. The second-order valence-electron chi connectivity index (χ2n) is 2.33. The minimum atomic E-state index is -0.473. The smallest absolute Gasteiger partial charge is 0.250 e. The number of nitrogens with zero attached hydrogens (tertiary/aromatic N) is 1. The molecule has 0 aliphatic rings. The second kappa shape index (κ2) is 4.44. The number of allylic oxidation sites excluding steroid dienone is 1. The minimum Gasteiger partial charge on any atom is -0.309 e. The van der Waals surface area contributed by atoms with Crippen molar-refractivity contribution in [1.82, 2.24) is 4.57 Å². The van der Waals surface area contributed by atoms with Gasteiger partial charge in [-0.05, 0) is 12.1 Å². The van der Waals surface area contributed by atoms with E-state index in [2.05, 4.69) is 0 Å². The van der Waals surface area contributed by atoms with Crippen molar-refractivity contribution in [2.45, 2.75) is 6.54 Å². The number of hydrogen-bond acceptors (Lipinski definition) is 1. The van der Waals surface area contributed by atoms with Crippen LogP contribution >= 0.6 is 23.2 Å². The van der Waals surface area contributed by atoms with Crippen molar-refractivity contribution < 1.29 is 4.39 Å². The predicted octanol–water partition coefficient (Wildman–Crippen LogP) is 2.31. The maximum Gasteiger partial charge on any atom is 0.250 e. The first kappa shape index (κ1) is 10.3. The lowest BCUT2D eigenvalue weighted by molar-refractivity contribution is 0.597. The van der Waals surface area contributed by atoms with Crippen LogP contribution in [0.25, 0.3) is 0 Å². The average Bonchev–Trinajstić information content (AvgIpc) is 2.06. The Balaban J connectivity index is 2.94. The van der Waals surface area contributed by atoms with Crippen molar-refractivity contribution in [3.05, 3.63) is 45.1 Å². The van der Waals surface area contributed by atoms with Crippen LogP contribution in [0, 0.1) is 5.82 Å². The number of hydrogen-bond donors (Lipinski definition) is 0. The molecule has 0 spiro atoms. The number of pyridine rings is 1. The van der Waals surface area contributed by atoms with Gasteiger partial charge in [-0.1, -0.05) is 23.2 Å². The quantitative estimate of drug-likeness (QED) is 0.752. The first-order valence-electron chi connectivity index (χ1n) is 3.47. The Morgan fingerprint density at radius 1 is 1.54 bits per heavy atom. The van der Waals surface area contributed by atoms with Crippen molar-refractivity contribution in [2.24, 2.45) is 0 Å². The highest BCUT2D eigenvalue weighted by molar-refractivity contribution is 6.55. The molecule has 0 fully saturated rings. The molecule has 70 valence electrons. The van der Waals surface area contributed by atoms with Crippen LogP contribution in [0.5, 0.6) is 0 Å². The highest BCUT2D eigenvalue weighted by Crippen LogP contribution is 2.05. The SMILES string of the molecule is O=c1ccc(F)cn1CC=C(Cl)Cl. The first-order chi connectivity index (χ1) is 6.09. The summed E-state index contributed by atoms with van der Waals surface area (Å²) in [4.78, 5) is 11.1. The molecule has 1 heterocycles. The van der Waals surface area contributed by atoms with E-state index in [1.165, 1.54) is 10.6 Å². The third-order valence-electron chi connectivity index (χ3n) is 1.39. The zero-order valence-corrected chi connectivity index (χ0v) is 8.02. The Labute approximate surface area is 84.2 Å². The topological polar surface area (TPSA) is 22.0 Å². The van der Waals surface area contributed by atoms with E-state index >= 15 is 0 Å². The van der Waals surface area contributed by atoms with Gasteiger partial charge in [-0.25, -0.2) is 4.39 Å². The molecule has 0 amide bonds. The van der Waals surface area contributed by atoms with Gasteiger partial charge in [0.15, 0.2) is 0 Å². The fraction of sp³-hybridized carbons (Fsp3) is 0.125. The molecule has 1 aromatic heterocycles. The predicted molar refractivity (Wildman–Crippen MR) is 50.4 cm³/mol. The second-order valence-corrected chi connectivity index (χ2v) is 3.34. The van der Waals surface area contributed by atoms with Crippen LogP contribution in [0.4, 0.5) is 4.39 Å². The van der Waals surface area contributed by atoms with Gasteiger partial charge in [-0.2, -0.15) is 0 Å². The molecule has 0 aromatic carbocycles. The van der Waals surface area contributed by atoms with E-state index in [9.17, 15) is 9.18 Å². The normalized spacial score (nSPS) is 9.77. The van der Waals surface area contributed by atoms with Gasteiger partial charge in [0.2, 0.25) is 0 Å². The Morgan fingerprint density at radius 2 is 2.23 bits per heavy atom. The number of rotatable bonds is 2. The van der Waals surface area contributed by atoms with E-state index in [1.54, 1.807) is 0 Å². The van der Waals surface area contributed by atoms with E-state index in [1.807, 2.05) is 0 Å². The lowest BCUT2D eigenvalue weighted by atomic mass is 10.4. The third kappa shape index (κ3) is 3.20. The lowest BCUT2D eigenvalue weighted by Gasteiger charge is -2.00. The van der Waals surface area contributed by atoms with Crippen LogP contribution in [-0.2, 0) is 6.54 Å². The zero-order chi connectivity index (χ0) is 9.84. The van der Waals surface area contributed by atoms with Gasteiger partial charge in [0.1, 0.15) is 10.3 Å². The summed E-state index contributed by atoms with van der Waals surface area (Å²) in [7, 11) is 0. The molecule has 0 atom stereocenters. The zero-order valence-electron chi connectivity index (χ0n) is 6.51. The monoisotopic (exact) mass is 221 g/mol. The van der Waals surface area contributed by atoms with Crippen molar-refractivity contribution >= 4 is 23.2 Å². The standard InChI is InChI=1S/C8H6Cl2FNO/c9-7(10)3-4-12-5-6(11)1-2-8(12)13/h1-3,5H,4H2. The molecule has 2 nitrogen and oxygen atoms in total.